The number of carboxylic acids is 1. The van der Waals surface area contributed by atoms with Crippen LogP contribution in [-0.4, -0.2) is 37.2 Å². The molecule has 1 amide bonds. The number of hydrogen-bond donors (Lipinski definition) is 2. The van der Waals surface area contributed by atoms with Gasteiger partial charge in [0.15, 0.2) is 0 Å². The molecule has 0 aliphatic heterocycles. The normalized spacial score (nSPS) is 10.8. The second kappa shape index (κ2) is 5.90. The first-order chi connectivity index (χ1) is 9.95. The van der Waals surface area contributed by atoms with Crippen molar-refractivity contribution in [1.29, 1.82) is 0 Å². The Balaban J connectivity index is 2.23. The summed E-state index contributed by atoms with van der Waals surface area (Å²) >= 11 is 0. The number of nitrogens with zero attached hydrogens (tertiary/aromatic N) is 4. The highest BCUT2D eigenvalue weighted by Gasteiger charge is 2.14. The molecule has 0 aliphatic rings. The number of halogens is 1. The Morgan fingerprint density at radius 2 is 2.19 bits per heavy atom. The number of carboxylic acid groups (broad SMARTS) is 1. The molecule has 9 heteroatoms. The monoisotopic (exact) mass is 291 g/mol. The molecule has 0 atom stereocenters. The van der Waals surface area contributed by atoms with E-state index < -0.39 is 17.7 Å². The number of aryl methyl sites for hydroxylation is 1. The lowest BCUT2D eigenvalue weighted by molar-refractivity contribution is -0.131. The van der Waals surface area contributed by atoms with E-state index in [4.69, 9.17) is 5.11 Å². The van der Waals surface area contributed by atoms with E-state index in [1.165, 1.54) is 25.3 Å². The van der Waals surface area contributed by atoms with Gasteiger partial charge in [-0.15, -0.1) is 5.10 Å². The molecule has 2 N–H and O–H groups in total. The number of carbonyl (C=O) groups is 2. The molecule has 0 saturated heterocycles. The summed E-state index contributed by atoms with van der Waals surface area (Å²) in [5, 5.41) is 21.6. The lowest BCUT2D eigenvalue weighted by atomic mass is 10.1. The first kappa shape index (κ1) is 14.3. The average molecular weight is 291 g/mol. The number of aliphatic carboxylic acids is 1. The summed E-state index contributed by atoms with van der Waals surface area (Å²) in [6.07, 6.45) is 2.14. The highest BCUT2D eigenvalue weighted by molar-refractivity contribution is 6.03. The Bertz CT molecular complexity index is 725. The van der Waals surface area contributed by atoms with E-state index in [1.54, 1.807) is 0 Å². The molecule has 0 radical (unpaired) electrons. The van der Waals surface area contributed by atoms with E-state index in [2.05, 4.69) is 20.7 Å². The van der Waals surface area contributed by atoms with Gasteiger partial charge in [-0.25, -0.2) is 9.18 Å². The number of benzene rings is 1. The highest BCUT2D eigenvalue weighted by atomic mass is 19.1. The van der Waals surface area contributed by atoms with Gasteiger partial charge in [0.25, 0.3) is 11.9 Å². The number of hydrogen-bond acceptors (Lipinski definition) is 5. The summed E-state index contributed by atoms with van der Waals surface area (Å²) in [6.45, 7) is 0. The number of amides is 1. The topological polar surface area (TPSA) is 110 Å². The SMILES string of the molecule is Cn1nnc(NC(=O)c2cc(/C=C/C(=O)O)ccc2F)n1. The van der Waals surface area contributed by atoms with Crippen LogP contribution in [0.15, 0.2) is 24.3 Å². The zero-order valence-electron chi connectivity index (χ0n) is 10.8. The summed E-state index contributed by atoms with van der Waals surface area (Å²) in [5.74, 6) is -2.71. The van der Waals surface area contributed by atoms with Gasteiger partial charge >= 0.3 is 5.97 Å². The third-order valence-electron chi connectivity index (χ3n) is 2.39. The maximum atomic E-state index is 13.7. The molecule has 1 aromatic carbocycles. The highest BCUT2D eigenvalue weighted by Crippen LogP contribution is 2.13. The molecule has 0 aliphatic carbocycles. The van der Waals surface area contributed by atoms with Gasteiger partial charge in [-0.1, -0.05) is 11.2 Å². The predicted octanol–water partition coefficient (Wildman–Crippen LogP) is 0.699. The van der Waals surface area contributed by atoms with E-state index in [0.717, 1.165) is 16.9 Å². The Labute approximate surface area is 117 Å². The maximum Gasteiger partial charge on any atom is 0.328 e. The number of carbonyl (C=O) groups excluding carboxylic acids is 1. The van der Waals surface area contributed by atoms with Crippen molar-refractivity contribution in [2.45, 2.75) is 0 Å². The van der Waals surface area contributed by atoms with E-state index in [9.17, 15) is 14.0 Å². The van der Waals surface area contributed by atoms with E-state index in [-0.39, 0.29) is 11.5 Å². The molecule has 108 valence electrons. The van der Waals surface area contributed by atoms with Crippen molar-refractivity contribution in [3.63, 3.8) is 0 Å². The Morgan fingerprint density at radius 3 is 2.81 bits per heavy atom. The Kier molecular flexibility index (Phi) is 4.02. The fraction of sp³-hybridized carbons (Fsp3) is 0.0833. The average Bonchev–Trinajstić information content (AvgIpc) is 2.83. The van der Waals surface area contributed by atoms with Crippen LogP contribution in [0.25, 0.3) is 6.08 Å². The zero-order chi connectivity index (χ0) is 15.4. The minimum absolute atomic E-state index is 0.0617. The van der Waals surface area contributed by atoms with Crippen molar-refractivity contribution in [3.8, 4) is 0 Å². The van der Waals surface area contributed by atoms with Crippen molar-refractivity contribution in [2.24, 2.45) is 7.05 Å². The molecular formula is C12H10FN5O3. The van der Waals surface area contributed by atoms with Crippen molar-refractivity contribution < 1.29 is 19.1 Å². The van der Waals surface area contributed by atoms with E-state index in [0.29, 0.717) is 5.56 Å². The smallest absolute Gasteiger partial charge is 0.328 e. The van der Waals surface area contributed by atoms with Gasteiger partial charge in [0.1, 0.15) is 5.82 Å². The van der Waals surface area contributed by atoms with Crippen LogP contribution >= 0.6 is 0 Å². The number of anilines is 1. The van der Waals surface area contributed by atoms with Gasteiger partial charge in [0, 0.05) is 6.08 Å². The second-order valence-corrected chi connectivity index (χ2v) is 3.97. The third-order valence-corrected chi connectivity index (χ3v) is 2.39. The Hall–Kier alpha value is -3.10. The van der Waals surface area contributed by atoms with Crippen molar-refractivity contribution in [3.05, 3.63) is 41.2 Å². The van der Waals surface area contributed by atoms with E-state index in [1.807, 2.05) is 0 Å². The lowest BCUT2D eigenvalue weighted by Crippen LogP contribution is -2.15. The molecule has 0 spiro atoms. The van der Waals surface area contributed by atoms with Crippen molar-refractivity contribution in [2.75, 3.05) is 5.32 Å². The summed E-state index contributed by atoms with van der Waals surface area (Å²) in [4.78, 5) is 23.5. The fourth-order valence-corrected chi connectivity index (χ4v) is 1.49. The van der Waals surface area contributed by atoms with Crippen LogP contribution in [0.4, 0.5) is 10.3 Å². The summed E-state index contributed by atoms with van der Waals surface area (Å²) in [7, 11) is 1.51. The van der Waals surface area contributed by atoms with Gasteiger partial charge in [-0.05, 0) is 29.0 Å². The molecule has 1 heterocycles. The largest absolute Gasteiger partial charge is 0.478 e. The van der Waals surface area contributed by atoms with Crippen LogP contribution in [-0.2, 0) is 11.8 Å². The number of aromatic nitrogens is 4. The molecule has 1 aromatic heterocycles. The predicted molar refractivity (Wildman–Crippen MR) is 69.8 cm³/mol. The molecule has 0 saturated carbocycles. The van der Waals surface area contributed by atoms with Crippen LogP contribution in [0.2, 0.25) is 0 Å². The quantitative estimate of drug-likeness (QED) is 0.802. The number of rotatable bonds is 4. The molecule has 21 heavy (non-hydrogen) atoms. The molecule has 0 fully saturated rings. The van der Waals surface area contributed by atoms with Gasteiger partial charge in [-0.2, -0.15) is 4.80 Å². The van der Waals surface area contributed by atoms with Gasteiger partial charge < -0.3 is 5.11 Å². The third kappa shape index (κ3) is 3.69. The van der Waals surface area contributed by atoms with E-state index >= 15 is 0 Å². The zero-order valence-corrected chi connectivity index (χ0v) is 10.8. The molecule has 0 unspecified atom stereocenters. The molecule has 2 rings (SSSR count). The Morgan fingerprint density at radius 1 is 1.43 bits per heavy atom. The first-order valence-corrected chi connectivity index (χ1v) is 5.71. The first-order valence-electron chi connectivity index (χ1n) is 5.71. The number of tetrazole rings is 1. The summed E-state index contributed by atoms with van der Waals surface area (Å²) in [6, 6.07) is 3.65. The minimum atomic E-state index is -1.14. The summed E-state index contributed by atoms with van der Waals surface area (Å²) < 4.78 is 13.7. The minimum Gasteiger partial charge on any atom is -0.478 e. The molecule has 0 bridgehead atoms. The van der Waals surface area contributed by atoms with Crippen LogP contribution in [0.3, 0.4) is 0 Å². The maximum absolute atomic E-state index is 13.7. The van der Waals surface area contributed by atoms with Crippen LogP contribution < -0.4 is 5.32 Å². The van der Waals surface area contributed by atoms with Gasteiger partial charge in [-0.3, -0.25) is 10.1 Å². The fourth-order valence-electron chi connectivity index (χ4n) is 1.49. The van der Waals surface area contributed by atoms with Crippen LogP contribution in [0.1, 0.15) is 15.9 Å². The standard InChI is InChI=1S/C12H10FN5O3/c1-18-16-12(15-17-18)14-11(21)8-6-7(2-4-9(8)13)3-5-10(19)20/h2-6H,1H3,(H,19,20)(H,14,16,21)/b5-3+. The second-order valence-electron chi connectivity index (χ2n) is 3.97. The lowest BCUT2D eigenvalue weighted by Gasteiger charge is -2.03. The van der Waals surface area contributed by atoms with Crippen molar-refractivity contribution >= 4 is 23.9 Å². The molecular weight excluding hydrogens is 281 g/mol. The van der Waals surface area contributed by atoms with Gasteiger partial charge in [0.2, 0.25) is 0 Å². The molecule has 2 aromatic rings. The summed E-state index contributed by atoms with van der Waals surface area (Å²) in [5.41, 5.74) is 0.117. The van der Waals surface area contributed by atoms with Crippen molar-refractivity contribution in [1.82, 2.24) is 20.2 Å². The molecule has 8 nitrogen and oxygen atoms in total. The van der Waals surface area contributed by atoms with Crippen LogP contribution in [0.5, 0.6) is 0 Å². The number of nitrogens with one attached hydrogen (secondary N) is 1. The van der Waals surface area contributed by atoms with Gasteiger partial charge in [0.05, 0.1) is 12.6 Å². The van der Waals surface area contributed by atoms with Crippen LogP contribution in [0, 0.1) is 5.82 Å².